The topological polar surface area (TPSA) is 3.24 Å². The third-order valence-corrected chi connectivity index (χ3v) is 3.99. The predicted molar refractivity (Wildman–Crippen MR) is 72.0 cm³/mol. The van der Waals surface area contributed by atoms with E-state index in [4.69, 9.17) is 0 Å². The van der Waals surface area contributed by atoms with Gasteiger partial charge >= 0.3 is 0 Å². The Morgan fingerprint density at radius 3 is 2.76 bits per heavy atom. The molecule has 2 atom stereocenters. The third-order valence-electron chi connectivity index (χ3n) is 3.99. The Morgan fingerprint density at radius 2 is 1.94 bits per heavy atom. The fourth-order valence-corrected chi connectivity index (χ4v) is 3.16. The van der Waals surface area contributed by atoms with Gasteiger partial charge in [-0.05, 0) is 24.9 Å². The van der Waals surface area contributed by atoms with Crippen molar-refractivity contribution in [1.29, 1.82) is 0 Å². The minimum absolute atomic E-state index is 0.658. The molecule has 1 aliphatic heterocycles. The van der Waals surface area contributed by atoms with Crippen molar-refractivity contribution < 1.29 is 0 Å². The van der Waals surface area contributed by atoms with E-state index < -0.39 is 0 Å². The molecule has 17 heavy (non-hydrogen) atoms. The van der Waals surface area contributed by atoms with Gasteiger partial charge in [0.05, 0.1) is 0 Å². The molecule has 1 saturated heterocycles. The van der Waals surface area contributed by atoms with Crippen LogP contribution >= 0.6 is 0 Å². The first-order chi connectivity index (χ1) is 8.34. The van der Waals surface area contributed by atoms with Crippen molar-refractivity contribution in [2.75, 3.05) is 20.1 Å². The highest BCUT2D eigenvalue weighted by Gasteiger charge is 2.32. The van der Waals surface area contributed by atoms with E-state index in [0.717, 1.165) is 12.5 Å². The number of allylic oxidation sites excluding steroid dienone is 3. The molecule has 88 valence electrons. The summed E-state index contributed by atoms with van der Waals surface area (Å²) >= 11 is 0. The molecule has 1 heterocycles. The molecule has 2 aliphatic rings. The van der Waals surface area contributed by atoms with E-state index in [1.54, 1.807) is 5.57 Å². The number of likely N-dealkylation sites (tertiary alicyclic amines) is 1. The highest BCUT2D eigenvalue weighted by Crippen LogP contribution is 2.38. The van der Waals surface area contributed by atoms with E-state index in [1.165, 1.54) is 18.5 Å². The van der Waals surface area contributed by atoms with Gasteiger partial charge in [0.2, 0.25) is 0 Å². The van der Waals surface area contributed by atoms with Crippen molar-refractivity contribution >= 4 is 0 Å². The van der Waals surface area contributed by atoms with Gasteiger partial charge in [0, 0.05) is 19.0 Å². The van der Waals surface area contributed by atoms with Crippen LogP contribution in [0.25, 0.3) is 0 Å². The number of piperidine rings is 1. The van der Waals surface area contributed by atoms with Crippen LogP contribution in [0.15, 0.2) is 54.1 Å². The molecule has 0 radical (unpaired) electrons. The van der Waals surface area contributed by atoms with Crippen molar-refractivity contribution in [2.45, 2.75) is 12.3 Å². The first-order valence-corrected chi connectivity index (χ1v) is 6.43. The van der Waals surface area contributed by atoms with Gasteiger partial charge in [-0.25, -0.2) is 0 Å². The van der Waals surface area contributed by atoms with Gasteiger partial charge in [-0.2, -0.15) is 0 Å². The summed E-state index contributed by atoms with van der Waals surface area (Å²) in [4.78, 5) is 2.44. The standard InChI is InChI=1S/C16H19N/c1-17-11-14-9-5-6-10-15(14)16(12-17)13-7-3-2-4-8-13/h2-9,15-16H,10-12H2,1H3. The van der Waals surface area contributed by atoms with Gasteiger partial charge in [-0.3, -0.25) is 0 Å². The first-order valence-electron chi connectivity index (χ1n) is 6.43. The molecule has 1 aromatic carbocycles. The Morgan fingerprint density at radius 1 is 1.12 bits per heavy atom. The lowest BCUT2D eigenvalue weighted by atomic mass is 9.74. The van der Waals surface area contributed by atoms with E-state index in [-0.39, 0.29) is 0 Å². The fourth-order valence-electron chi connectivity index (χ4n) is 3.16. The fraction of sp³-hybridized carbons (Fsp3) is 0.375. The van der Waals surface area contributed by atoms with Crippen molar-refractivity contribution in [1.82, 2.24) is 4.90 Å². The minimum atomic E-state index is 0.658. The van der Waals surface area contributed by atoms with Crippen molar-refractivity contribution in [3.63, 3.8) is 0 Å². The smallest absolute Gasteiger partial charge is 0.0196 e. The van der Waals surface area contributed by atoms with Gasteiger partial charge in [0.1, 0.15) is 0 Å². The SMILES string of the molecule is CN1CC2=CC=CCC2C(c2ccccc2)C1. The van der Waals surface area contributed by atoms with Gasteiger partial charge in [0.15, 0.2) is 0 Å². The van der Waals surface area contributed by atoms with Crippen LogP contribution < -0.4 is 0 Å². The van der Waals surface area contributed by atoms with E-state index in [2.05, 4.69) is 60.5 Å². The Balaban J connectivity index is 1.93. The summed E-state index contributed by atoms with van der Waals surface area (Å²) in [5, 5.41) is 0. The van der Waals surface area contributed by atoms with Crippen LogP contribution in [0.2, 0.25) is 0 Å². The second-order valence-corrected chi connectivity index (χ2v) is 5.23. The van der Waals surface area contributed by atoms with Crippen molar-refractivity contribution in [3.05, 3.63) is 59.7 Å². The lowest BCUT2D eigenvalue weighted by Crippen LogP contribution is -2.38. The zero-order valence-electron chi connectivity index (χ0n) is 10.3. The molecular formula is C16H19N. The van der Waals surface area contributed by atoms with Crippen LogP contribution in [-0.4, -0.2) is 25.0 Å². The van der Waals surface area contributed by atoms with Crippen LogP contribution in [0, 0.1) is 5.92 Å². The number of fused-ring (bicyclic) bond motifs is 1. The lowest BCUT2D eigenvalue weighted by Gasteiger charge is -2.40. The van der Waals surface area contributed by atoms with E-state index in [1.807, 2.05) is 0 Å². The molecule has 1 heteroatoms. The summed E-state index contributed by atoms with van der Waals surface area (Å²) in [6.07, 6.45) is 8.06. The number of benzene rings is 1. The molecular weight excluding hydrogens is 206 g/mol. The average molecular weight is 225 g/mol. The minimum Gasteiger partial charge on any atom is -0.302 e. The molecule has 0 bridgehead atoms. The number of nitrogens with zero attached hydrogens (tertiary/aromatic N) is 1. The Hall–Kier alpha value is -1.34. The molecule has 0 aromatic heterocycles. The van der Waals surface area contributed by atoms with Gasteiger partial charge in [-0.1, -0.05) is 54.1 Å². The van der Waals surface area contributed by atoms with Crippen LogP contribution in [0.4, 0.5) is 0 Å². The Kier molecular flexibility index (Phi) is 2.86. The maximum absolute atomic E-state index is 2.44. The van der Waals surface area contributed by atoms with Gasteiger partial charge in [-0.15, -0.1) is 0 Å². The molecule has 1 aliphatic carbocycles. The summed E-state index contributed by atoms with van der Waals surface area (Å²) in [5.41, 5.74) is 3.10. The highest BCUT2D eigenvalue weighted by molar-refractivity contribution is 5.32. The molecule has 1 fully saturated rings. The molecule has 1 nitrogen and oxygen atoms in total. The predicted octanol–water partition coefficient (Wildman–Crippen LogP) is 3.22. The largest absolute Gasteiger partial charge is 0.302 e. The molecule has 0 amide bonds. The maximum atomic E-state index is 2.44. The average Bonchev–Trinajstić information content (AvgIpc) is 2.39. The monoisotopic (exact) mass is 225 g/mol. The first kappa shape index (κ1) is 10.8. The van der Waals surface area contributed by atoms with E-state index in [0.29, 0.717) is 5.92 Å². The number of rotatable bonds is 1. The quantitative estimate of drug-likeness (QED) is 0.709. The van der Waals surface area contributed by atoms with Gasteiger partial charge < -0.3 is 4.90 Å². The van der Waals surface area contributed by atoms with Gasteiger partial charge in [0.25, 0.3) is 0 Å². The normalized spacial score (nSPS) is 28.6. The number of hydrogen-bond donors (Lipinski definition) is 0. The summed E-state index contributed by atoms with van der Waals surface area (Å²) in [6, 6.07) is 11.0. The van der Waals surface area contributed by atoms with Crippen LogP contribution in [0.1, 0.15) is 17.9 Å². The van der Waals surface area contributed by atoms with Crippen LogP contribution in [0.3, 0.4) is 0 Å². The zero-order chi connectivity index (χ0) is 11.7. The van der Waals surface area contributed by atoms with Crippen molar-refractivity contribution in [3.8, 4) is 0 Å². The third kappa shape index (κ3) is 2.07. The zero-order valence-corrected chi connectivity index (χ0v) is 10.3. The summed E-state index contributed by atoms with van der Waals surface area (Å²) in [7, 11) is 2.23. The Bertz CT molecular complexity index is 444. The van der Waals surface area contributed by atoms with Crippen LogP contribution in [-0.2, 0) is 0 Å². The molecule has 3 rings (SSSR count). The highest BCUT2D eigenvalue weighted by atomic mass is 15.1. The molecule has 0 N–H and O–H groups in total. The molecule has 0 spiro atoms. The van der Waals surface area contributed by atoms with E-state index in [9.17, 15) is 0 Å². The van der Waals surface area contributed by atoms with Crippen LogP contribution in [0.5, 0.6) is 0 Å². The van der Waals surface area contributed by atoms with Crippen molar-refractivity contribution in [2.24, 2.45) is 5.92 Å². The maximum Gasteiger partial charge on any atom is 0.0196 e. The summed E-state index contributed by atoms with van der Waals surface area (Å²) in [5.74, 6) is 1.38. The number of likely N-dealkylation sites (N-methyl/N-ethyl adjacent to an activating group) is 1. The second-order valence-electron chi connectivity index (χ2n) is 5.23. The molecule has 2 unspecified atom stereocenters. The van der Waals surface area contributed by atoms with E-state index >= 15 is 0 Å². The second kappa shape index (κ2) is 4.50. The number of hydrogen-bond acceptors (Lipinski definition) is 1. The molecule has 0 saturated carbocycles. The summed E-state index contributed by atoms with van der Waals surface area (Å²) in [6.45, 7) is 2.32. The Labute approximate surface area is 103 Å². The lowest BCUT2D eigenvalue weighted by molar-refractivity contribution is 0.245. The molecule has 1 aromatic rings. The summed E-state index contributed by atoms with van der Waals surface area (Å²) < 4.78 is 0.